The van der Waals surface area contributed by atoms with E-state index >= 15 is 0 Å². The lowest BCUT2D eigenvalue weighted by atomic mass is 10.0. The van der Waals surface area contributed by atoms with Gasteiger partial charge in [0.1, 0.15) is 0 Å². The van der Waals surface area contributed by atoms with Crippen LogP contribution in [-0.4, -0.2) is 10.9 Å². The Hall–Kier alpha value is -3.97. The molecule has 0 fully saturated rings. The summed E-state index contributed by atoms with van der Waals surface area (Å²) in [4.78, 5) is 18.0. The second-order valence-electron chi connectivity index (χ2n) is 6.74. The normalized spacial score (nSPS) is 11.6. The molecule has 3 aromatic carbocycles. The first-order valence-electron chi connectivity index (χ1n) is 9.44. The largest absolute Gasteiger partial charge is 0.344 e. The second-order valence-corrected chi connectivity index (χ2v) is 6.74. The highest BCUT2D eigenvalue weighted by atomic mass is 16.1. The third kappa shape index (κ3) is 3.99. The van der Waals surface area contributed by atoms with Crippen LogP contribution in [0.3, 0.4) is 0 Å². The minimum absolute atomic E-state index is 0.199. The molecular formula is C25H19N3O. The molecule has 0 bridgehead atoms. The molecular weight excluding hydrogens is 358 g/mol. The Balaban J connectivity index is 1.76. The summed E-state index contributed by atoms with van der Waals surface area (Å²) in [6.45, 7) is 0. The predicted octanol–water partition coefficient (Wildman–Crippen LogP) is 5.29. The number of amides is 1. The van der Waals surface area contributed by atoms with Crippen LogP contribution < -0.4 is 5.32 Å². The van der Waals surface area contributed by atoms with E-state index < -0.39 is 0 Å². The van der Waals surface area contributed by atoms with Crippen LogP contribution in [0.1, 0.15) is 28.4 Å². The third-order valence-electron chi connectivity index (χ3n) is 4.83. The number of carbonyl (C=O) groups excluding carboxylic acids is 1. The van der Waals surface area contributed by atoms with Gasteiger partial charge < -0.3 is 5.32 Å². The number of nitriles is 1. The summed E-state index contributed by atoms with van der Waals surface area (Å²) in [5, 5.41) is 13.1. The van der Waals surface area contributed by atoms with Crippen molar-refractivity contribution in [3.05, 3.63) is 102 Å². The molecule has 1 N–H and O–H groups in total. The molecule has 0 aliphatic heterocycles. The van der Waals surface area contributed by atoms with Gasteiger partial charge in [0.15, 0.2) is 0 Å². The topological polar surface area (TPSA) is 65.8 Å². The molecule has 29 heavy (non-hydrogen) atoms. The molecule has 1 amide bonds. The number of para-hydroxylation sites is 1. The van der Waals surface area contributed by atoms with Gasteiger partial charge in [-0.3, -0.25) is 4.79 Å². The fraction of sp³-hybridized carbons (Fsp3) is 0.0800. The minimum atomic E-state index is -0.374. The van der Waals surface area contributed by atoms with Crippen molar-refractivity contribution in [3.63, 3.8) is 0 Å². The number of pyridine rings is 1. The highest BCUT2D eigenvalue weighted by Gasteiger charge is 2.19. The SMILES string of the molecule is N#CCC(NC(=O)c1cc(-c2ccccc2)nc2ccccc12)c1ccccc1. The van der Waals surface area contributed by atoms with E-state index in [2.05, 4.69) is 11.4 Å². The summed E-state index contributed by atoms with van der Waals surface area (Å²) < 4.78 is 0. The van der Waals surface area contributed by atoms with Crippen LogP contribution in [0, 0.1) is 11.3 Å². The highest BCUT2D eigenvalue weighted by molar-refractivity contribution is 6.07. The molecule has 0 radical (unpaired) electrons. The first kappa shape index (κ1) is 18.4. The third-order valence-corrected chi connectivity index (χ3v) is 4.83. The van der Waals surface area contributed by atoms with Gasteiger partial charge >= 0.3 is 0 Å². The molecule has 4 rings (SSSR count). The molecule has 0 aliphatic carbocycles. The maximum Gasteiger partial charge on any atom is 0.252 e. The fourth-order valence-corrected chi connectivity index (χ4v) is 3.38. The molecule has 1 atom stereocenters. The number of rotatable bonds is 5. The Kier molecular flexibility index (Phi) is 5.31. The van der Waals surface area contributed by atoms with Gasteiger partial charge in [0.2, 0.25) is 0 Å². The van der Waals surface area contributed by atoms with E-state index in [1.54, 1.807) is 0 Å². The average Bonchev–Trinajstić information content (AvgIpc) is 2.79. The Bertz CT molecular complexity index is 1180. The van der Waals surface area contributed by atoms with Gasteiger partial charge in [0, 0.05) is 10.9 Å². The van der Waals surface area contributed by atoms with Gasteiger partial charge in [-0.1, -0.05) is 78.9 Å². The zero-order chi connectivity index (χ0) is 20.1. The molecule has 0 saturated carbocycles. The number of nitrogens with zero attached hydrogens (tertiary/aromatic N) is 2. The van der Waals surface area contributed by atoms with Crippen molar-refractivity contribution in [2.75, 3.05) is 0 Å². The van der Waals surface area contributed by atoms with Crippen LogP contribution in [0.15, 0.2) is 91.0 Å². The fourth-order valence-electron chi connectivity index (χ4n) is 3.38. The maximum absolute atomic E-state index is 13.3. The van der Waals surface area contributed by atoms with E-state index in [-0.39, 0.29) is 18.4 Å². The molecule has 0 saturated heterocycles. The van der Waals surface area contributed by atoms with E-state index in [4.69, 9.17) is 4.98 Å². The summed E-state index contributed by atoms with van der Waals surface area (Å²) in [7, 11) is 0. The summed E-state index contributed by atoms with van der Waals surface area (Å²) in [5.41, 5.74) is 3.91. The zero-order valence-corrected chi connectivity index (χ0v) is 15.7. The van der Waals surface area contributed by atoms with Crippen molar-refractivity contribution < 1.29 is 4.79 Å². The van der Waals surface area contributed by atoms with Crippen molar-refractivity contribution in [3.8, 4) is 17.3 Å². The van der Waals surface area contributed by atoms with E-state index in [9.17, 15) is 10.1 Å². The summed E-state index contributed by atoms with van der Waals surface area (Å²) >= 11 is 0. The molecule has 1 heterocycles. The number of hydrogen-bond donors (Lipinski definition) is 1. The van der Waals surface area contributed by atoms with Crippen molar-refractivity contribution in [2.45, 2.75) is 12.5 Å². The van der Waals surface area contributed by atoms with Crippen LogP contribution in [0.5, 0.6) is 0 Å². The molecule has 1 unspecified atom stereocenters. The molecule has 140 valence electrons. The van der Waals surface area contributed by atoms with E-state index in [0.29, 0.717) is 5.56 Å². The van der Waals surface area contributed by atoms with E-state index in [1.807, 2.05) is 91.0 Å². The average molecular weight is 377 g/mol. The van der Waals surface area contributed by atoms with Crippen LogP contribution in [-0.2, 0) is 0 Å². The number of fused-ring (bicyclic) bond motifs is 1. The van der Waals surface area contributed by atoms with E-state index in [1.165, 1.54) is 0 Å². The first-order chi connectivity index (χ1) is 14.3. The minimum Gasteiger partial charge on any atom is -0.344 e. The Labute approximate surface area is 169 Å². The second kappa shape index (κ2) is 8.37. The first-order valence-corrected chi connectivity index (χ1v) is 9.44. The van der Waals surface area contributed by atoms with Crippen LogP contribution in [0.25, 0.3) is 22.2 Å². The van der Waals surface area contributed by atoms with E-state index in [0.717, 1.165) is 27.7 Å². The smallest absolute Gasteiger partial charge is 0.252 e. The predicted molar refractivity (Wildman–Crippen MR) is 114 cm³/mol. The van der Waals surface area contributed by atoms with Gasteiger partial charge in [0.05, 0.1) is 35.3 Å². The van der Waals surface area contributed by atoms with Gasteiger partial charge in [0.25, 0.3) is 5.91 Å². The number of nitrogens with one attached hydrogen (secondary N) is 1. The summed E-state index contributed by atoms with van der Waals surface area (Å²) in [5.74, 6) is -0.218. The van der Waals surface area contributed by atoms with Crippen molar-refractivity contribution in [2.24, 2.45) is 0 Å². The maximum atomic E-state index is 13.3. The lowest BCUT2D eigenvalue weighted by Crippen LogP contribution is -2.28. The molecule has 1 aromatic heterocycles. The highest BCUT2D eigenvalue weighted by Crippen LogP contribution is 2.26. The number of hydrogen-bond acceptors (Lipinski definition) is 3. The van der Waals surface area contributed by atoms with Crippen molar-refractivity contribution in [1.29, 1.82) is 5.26 Å². The van der Waals surface area contributed by atoms with Gasteiger partial charge in [-0.05, 0) is 17.7 Å². The number of benzene rings is 3. The van der Waals surface area contributed by atoms with Gasteiger partial charge in [-0.15, -0.1) is 0 Å². The monoisotopic (exact) mass is 377 g/mol. The standard InChI is InChI=1S/C25H19N3O/c26-16-15-22(18-9-3-1-4-10-18)28-25(29)21-17-24(19-11-5-2-6-12-19)27-23-14-8-7-13-20(21)23/h1-14,17,22H,15H2,(H,28,29). The van der Waals surface area contributed by atoms with Crippen LogP contribution in [0.2, 0.25) is 0 Å². The molecule has 0 spiro atoms. The lowest BCUT2D eigenvalue weighted by molar-refractivity contribution is 0.0939. The Morgan fingerprint density at radius 3 is 2.31 bits per heavy atom. The quantitative estimate of drug-likeness (QED) is 0.514. The number of carbonyl (C=O) groups is 1. The lowest BCUT2D eigenvalue weighted by Gasteiger charge is -2.17. The summed E-state index contributed by atoms with van der Waals surface area (Å²) in [6.07, 6.45) is 0.199. The molecule has 4 aromatic rings. The zero-order valence-electron chi connectivity index (χ0n) is 15.7. The molecule has 4 nitrogen and oxygen atoms in total. The Morgan fingerprint density at radius 1 is 0.931 bits per heavy atom. The van der Waals surface area contributed by atoms with Crippen molar-refractivity contribution >= 4 is 16.8 Å². The van der Waals surface area contributed by atoms with Gasteiger partial charge in [-0.2, -0.15) is 5.26 Å². The van der Waals surface area contributed by atoms with Gasteiger partial charge in [-0.25, -0.2) is 4.98 Å². The molecule has 4 heteroatoms. The van der Waals surface area contributed by atoms with Crippen molar-refractivity contribution in [1.82, 2.24) is 10.3 Å². The summed E-state index contributed by atoms with van der Waals surface area (Å²) in [6, 6.07) is 30.6. The van der Waals surface area contributed by atoms with Crippen LogP contribution >= 0.6 is 0 Å². The molecule has 0 aliphatic rings. The number of aromatic nitrogens is 1. The Morgan fingerprint density at radius 2 is 1.59 bits per heavy atom. The van der Waals surface area contributed by atoms with Crippen LogP contribution in [0.4, 0.5) is 0 Å².